The third-order valence-corrected chi connectivity index (χ3v) is 24.7. The quantitative estimate of drug-likeness (QED) is 0.0278. The van der Waals surface area contributed by atoms with Crippen molar-refractivity contribution >= 4 is 90.5 Å². The number of hydrogen-bond acceptors (Lipinski definition) is 21. The van der Waals surface area contributed by atoms with Gasteiger partial charge in [0.1, 0.15) is 72.1 Å². The highest BCUT2D eigenvalue weighted by Crippen LogP contribution is 2.35. The van der Waals surface area contributed by atoms with Crippen LogP contribution in [0.15, 0.2) is 336 Å². The first-order valence-corrected chi connectivity index (χ1v) is 47.3. The van der Waals surface area contributed by atoms with E-state index >= 15 is 0 Å². The molecule has 7 aromatic carbocycles. The summed E-state index contributed by atoms with van der Waals surface area (Å²) in [6, 6.07) is 80.0. The van der Waals surface area contributed by atoms with Gasteiger partial charge in [0.05, 0.1) is 87.7 Å². The molecule has 37 heteroatoms. The maximum atomic E-state index is 12.8. The number of aryl methyl sites for hydroxylation is 8. The lowest BCUT2D eigenvalue weighted by molar-refractivity contribution is -0.116. The van der Waals surface area contributed by atoms with Crippen LogP contribution in [-0.2, 0) is 73.1 Å². The van der Waals surface area contributed by atoms with Crippen LogP contribution in [0.5, 0.6) is 0 Å². The standard InChI is InChI=1S/C29H25N7O.C28H24N8O.2C27H23N9O/c1-19-17-36(18-31-19)29-24-16-26(33-25(24)12-13-30-29)21-8-10-22(11-9-21)32-28(37)15-23-14-27(34-35(23)2)20-6-4-3-5-7-20;1-18-15-36(17-31-18)28-23-14-24(33-27(23)29-16-30-28)20-8-10-21(11-9-20)32-26(37)13-22-12-25(34-35(22)2)19-6-4-3-5-7-19;1-17-15-36(16-30-17)27-25-22(9-12-29-27)32-26(33-25)19-3-5-20(6-4-19)31-24(37)14-21-13-23(34-35(21)2)18-7-10-28-11-8-18;1-17-14-36(16-30-17)27-24-26(28-15-29-27)33-25(32-24)19-8-10-20(11-9-19)31-23(37)13-21-12-22(34-35(21)2)18-6-4-3-5-7-18/h3-14,16-18,33H,15H2,1-2H3,(H,32,37);3-12,14-17H,13H2,1-2H3,(H,32,37)(H,29,30,33);3-13,15-16H,14H2,1-2H3,(H,31,37)(H,32,33);3-12,14-16H,13H2,1-2H3,(H,31,37)(H,28,29,32,33). The molecule has 0 saturated heterocycles. The number of H-pyrrole nitrogens is 4. The van der Waals surface area contributed by atoms with Crippen molar-refractivity contribution in [3.8, 4) is 114 Å². The van der Waals surface area contributed by atoms with Crippen molar-refractivity contribution in [3.05, 3.63) is 382 Å². The van der Waals surface area contributed by atoms with Gasteiger partial charge in [0.25, 0.3) is 0 Å². The van der Waals surface area contributed by atoms with Gasteiger partial charge < -0.3 is 41.2 Å². The Kier molecular flexibility index (Phi) is 26.4. The fraction of sp³-hybridized carbons (Fsp3) is 0.108. The molecule has 17 aromatic heterocycles. The molecule has 17 heterocycles. The van der Waals surface area contributed by atoms with E-state index in [0.29, 0.717) is 34.5 Å². The summed E-state index contributed by atoms with van der Waals surface area (Å²) >= 11 is 0. The van der Waals surface area contributed by atoms with Crippen molar-refractivity contribution in [2.45, 2.75) is 53.4 Å². The van der Waals surface area contributed by atoms with E-state index in [0.717, 1.165) is 192 Å². The molecule has 0 aliphatic carbocycles. The lowest BCUT2D eigenvalue weighted by atomic mass is 10.1. The first kappa shape index (κ1) is 94.0. The Balaban J connectivity index is 0.000000116. The fourth-order valence-corrected chi connectivity index (χ4v) is 17.2. The first-order chi connectivity index (χ1) is 72.1. The molecular formula is C111H95N33O4. The Morgan fingerprint density at radius 3 is 1.07 bits per heavy atom. The van der Waals surface area contributed by atoms with Gasteiger partial charge in [-0.3, -0.25) is 61.2 Å². The topological polar surface area (TPSA) is 438 Å². The number of pyridine rings is 3. The van der Waals surface area contributed by atoms with Gasteiger partial charge in [-0.15, -0.1) is 0 Å². The number of imidazole rings is 6. The maximum Gasteiger partial charge on any atom is 0.230 e. The van der Waals surface area contributed by atoms with Crippen molar-refractivity contribution < 1.29 is 19.2 Å². The summed E-state index contributed by atoms with van der Waals surface area (Å²) in [7, 11) is 7.40. The minimum atomic E-state index is -0.118. The molecule has 8 N–H and O–H groups in total. The molecule has 0 saturated carbocycles. The number of anilines is 4. The Hall–Kier alpha value is -20.3. The predicted molar refractivity (Wildman–Crippen MR) is 566 cm³/mol. The molecule has 0 fully saturated rings. The van der Waals surface area contributed by atoms with E-state index in [9.17, 15) is 19.2 Å². The average Bonchev–Trinajstić information content (AvgIpc) is 1.64. The van der Waals surface area contributed by atoms with Crippen LogP contribution < -0.4 is 21.3 Å². The van der Waals surface area contributed by atoms with Gasteiger partial charge in [-0.2, -0.15) is 20.4 Å². The molecule has 0 aliphatic rings. The van der Waals surface area contributed by atoms with Gasteiger partial charge in [0.15, 0.2) is 23.1 Å². The van der Waals surface area contributed by atoms with E-state index in [1.54, 1.807) is 68.8 Å². The Labute approximate surface area is 845 Å². The molecule has 0 unspecified atom stereocenters. The molecule has 0 radical (unpaired) electrons. The summed E-state index contributed by atoms with van der Waals surface area (Å²) in [6.45, 7) is 7.75. The van der Waals surface area contributed by atoms with E-state index in [2.05, 4.69) is 127 Å². The van der Waals surface area contributed by atoms with Crippen LogP contribution in [0.2, 0.25) is 0 Å². The number of hydrogen-bond donors (Lipinski definition) is 8. The number of carbonyl (C=O) groups excluding carboxylic acids is 4. The number of aromatic nitrogens is 29. The highest BCUT2D eigenvalue weighted by atomic mass is 16.2. The normalized spacial score (nSPS) is 11.2. The number of aromatic amines is 4. The number of benzene rings is 7. The Bertz CT molecular complexity index is 7870. The van der Waals surface area contributed by atoms with Crippen molar-refractivity contribution in [3.63, 3.8) is 0 Å². The smallest absolute Gasteiger partial charge is 0.230 e. The number of nitrogens with one attached hydrogen (secondary N) is 8. The molecule has 4 amide bonds. The second-order valence-corrected chi connectivity index (χ2v) is 35.3. The lowest BCUT2D eigenvalue weighted by Crippen LogP contribution is -2.16. The SMILES string of the molecule is Cc1cn(-c2nccc3[nH]c(-c4ccc(NC(=O)Cc5cc(-c6ccccc6)nn5C)cc4)cc23)cn1.Cc1cn(-c2nccc3[nH]c(-c4ccc(NC(=O)Cc5cc(-c6ccncc6)nn5C)cc4)nc23)cn1.Cc1cn(-c2ncnc3[nH]c(-c4ccc(NC(=O)Cc5cc(-c6ccccc6)nn5C)cc4)cc23)cn1.Cc1cn(-c2ncnc3nc(-c4ccc(NC(=O)Cc5cc(-c6ccccc6)nn5C)cc4)[nH]c23)cn1. The molecule has 24 rings (SSSR count). The van der Waals surface area contributed by atoms with Gasteiger partial charge in [-0.05, 0) is 172 Å². The lowest BCUT2D eigenvalue weighted by Gasteiger charge is -2.06. The van der Waals surface area contributed by atoms with E-state index < -0.39 is 0 Å². The zero-order valence-corrected chi connectivity index (χ0v) is 81.4. The van der Waals surface area contributed by atoms with Gasteiger partial charge in [-0.1, -0.05) is 115 Å². The average molecular weight is 1960 g/mol. The molecule has 148 heavy (non-hydrogen) atoms. The Morgan fingerprint density at radius 2 is 0.649 bits per heavy atom. The highest BCUT2D eigenvalue weighted by molar-refractivity contribution is 5.97. The maximum absolute atomic E-state index is 12.8. The van der Waals surface area contributed by atoms with Gasteiger partial charge in [0.2, 0.25) is 23.6 Å². The number of nitrogens with zero attached hydrogens (tertiary/aromatic N) is 25. The third-order valence-electron chi connectivity index (χ3n) is 24.7. The molecule has 0 atom stereocenters. The molecular weight excluding hydrogens is 1860 g/mol. The largest absolute Gasteiger partial charge is 0.354 e. The number of rotatable bonds is 24. The summed E-state index contributed by atoms with van der Waals surface area (Å²) in [5.41, 5.74) is 27.6. The summed E-state index contributed by atoms with van der Waals surface area (Å²) in [4.78, 5) is 122. The van der Waals surface area contributed by atoms with Gasteiger partial charge in [-0.25, -0.2) is 59.8 Å². The summed E-state index contributed by atoms with van der Waals surface area (Å²) in [5.74, 6) is 3.95. The molecule has 0 spiro atoms. The minimum absolute atomic E-state index is 0.0904. The van der Waals surface area contributed by atoms with Gasteiger partial charge >= 0.3 is 0 Å². The second kappa shape index (κ2) is 41.5. The second-order valence-electron chi connectivity index (χ2n) is 35.3. The van der Waals surface area contributed by atoms with Crippen molar-refractivity contribution in [2.75, 3.05) is 21.3 Å². The van der Waals surface area contributed by atoms with E-state index in [1.165, 1.54) is 12.7 Å². The van der Waals surface area contributed by atoms with Crippen LogP contribution in [-0.4, -0.2) is 166 Å². The van der Waals surface area contributed by atoms with Crippen LogP contribution in [0.25, 0.3) is 158 Å². The molecule has 24 aromatic rings. The zero-order valence-electron chi connectivity index (χ0n) is 81.4. The Morgan fingerprint density at radius 1 is 0.297 bits per heavy atom. The van der Waals surface area contributed by atoms with Crippen LogP contribution in [0.3, 0.4) is 0 Å². The predicted octanol–water partition coefficient (Wildman–Crippen LogP) is 18.2. The monoisotopic (exact) mass is 1950 g/mol. The fourth-order valence-electron chi connectivity index (χ4n) is 17.2. The van der Waals surface area contributed by atoms with Crippen molar-refractivity contribution in [2.24, 2.45) is 28.2 Å². The number of carbonyl (C=O) groups is 4. The first-order valence-electron chi connectivity index (χ1n) is 47.3. The van der Waals surface area contributed by atoms with Crippen LogP contribution in [0, 0.1) is 27.7 Å². The minimum Gasteiger partial charge on any atom is -0.354 e. The summed E-state index contributed by atoms with van der Waals surface area (Å²) in [6.07, 6.45) is 25.6. The molecule has 0 bridgehead atoms. The third kappa shape index (κ3) is 21.2. The van der Waals surface area contributed by atoms with Crippen LogP contribution in [0.1, 0.15) is 45.6 Å². The zero-order chi connectivity index (χ0) is 101. The number of amides is 4. The van der Waals surface area contributed by atoms with Crippen LogP contribution >= 0.6 is 0 Å². The highest BCUT2D eigenvalue weighted by Gasteiger charge is 2.23. The van der Waals surface area contributed by atoms with Crippen molar-refractivity contribution in [1.29, 1.82) is 0 Å². The summed E-state index contributed by atoms with van der Waals surface area (Å²) < 4.78 is 14.5. The molecule has 37 nitrogen and oxygen atoms in total. The van der Waals surface area contributed by atoms with Gasteiger partial charge in [0, 0.05) is 173 Å². The number of fused-ring (bicyclic) bond motifs is 4. The van der Waals surface area contributed by atoms with Crippen molar-refractivity contribution in [1.82, 2.24) is 142 Å². The molecule has 728 valence electrons. The molecule has 0 aliphatic heterocycles. The van der Waals surface area contributed by atoms with E-state index in [1.807, 2.05) is 342 Å². The van der Waals surface area contributed by atoms with E-state index in [4.69, 9.17) is 4.98 Å². The summed E-state index contributed by atoms with van der Waals surface area (Å²) in [5, 5.41) is 32.0. The van der Waals surface area contributed by atoms with Crippen LogP contribution in [0.4, 0.5) is 22.7 Å². The van der Waals surface area contributed by atoms with E-state index in [-0.39, 0.29) is 49.3 Å².